The number of unbranched alkanes of at least 4 members (excludes halogenated alkanes) is 1. The zero-order valence-electron chi connectivity index (χ0n) is 11.2. The Labute approximate surface area is 111 Å². The second kappa shape index (κ2) is 9.29. The molecular weight excluding hydrogens is 218 g/mol. The molecule has 0 unspecified atom stereocenters. The Balaban J connectivity index is 2.29. The van der Waals surface area contributed by atoms with Gasteiger partial charge >= 0.3 is 0 Å². The number of nitrogens with one attached hydrogen (secondary N) is 1. The van der Waals surface area contributed by atoms with Crippen LogP contribution >= 0.6 is 0 Å². The van der Waals surface area contributed by atoms with Crippen molar-refractivity contribution < 1.29 is 0 Å². The number of hydrogen-bond donors (Lipinski definition) is 1. The minimum Gasteiger partial charge on any atom is -0.394 e. The van der Waals surface area contributed by atoms with Crippen LogP contribution < -0.4 is 5.32 Å². The number of benzene rings is 1. The summed E-state index contributed by atoms with van der Waals surface area (Å²) < 4.78 is 0. The highest BCUT2D eigenvalue weighted by Gasteiger charge is 1.95. The highest BCUT2D eigenvalue weighted by atomic mass is 14.8. The van der Waals surface area contributed by atoms with Crippen molar-refractivity contribution in [3.8, 4) is 0 Å². The van der Waals surface area contributed by atoms with Gasteiger partial charge in [0.15, 0.2) is 0 Å². The lowest BCUT2D eigenvalue weighted by atomic mass is 10.0. The molecule has 1 aromatic rings. The summed E-state index contributed by atoms with van der Waals surface area (Å²) in [6, 6.07) is 10.7. The molecule has 0 aliphatic rings. The third kappa shape index (κ3) is 6.09. The van der Waals surface area contributed by atoms with Crippen molar-refractivity contribution in [1.29, 1.82) is 0 Å². The molecule has 0 amide bonds. The average Bonchev–Trinajstić information content (AvgIpc) is 2.42. The maximum Gasteiger partial charge on any atom is 0.00278 e. The van der Waals surface area contributed by atoms with E-state index in [1.54, 1.807) is 0 Å². The average molecular weight is 241 g/mol. The fourth-order valence-corrected chi connectivity index (χ4v) is 1.88. The Morgan fingerprint density at radius 3 is 2.67 bits per heavy atom. The van der Waals surface area contributed by atoms with E-state index >= 15 is 0 Å². The van der Waals surface area contributed by atoms with Crippen LogP contribution in [-0.4, -0.2) is 7.05 Å². The highest BCUT2D eigenvalue weighted by Crippen LogP contribution is 2.11. The molecule has 0 aliphatic heterocycles. The third-order valence-corrected chi connectivity index (χ3v) is 2.80. The second-order valence-electron chi connectivity index (χ2n) is 4.30. The van der Waals surface area contributed by atoms with Gasteiger partial charge in [-0.25, -0.2) is 0 Å². The van der Waals surface area contributed by atoms with Crippen LogP contribution in [-0.2, 0) is 6.42 Å². The zero-order valence-corrected chi connectivity index (χ0v) is 11.2. The lowest BCUT2D eigenvalue weighted by Gasteiger charge is -2.03. The Hall–Kier alpha value is -1.76. The Morgan fingerprint density at radius 2 is 2.00 bits per heavy atom. The largest absolute Gasteiger partial charge is 0.394 e. The van der Waals surface area contributed by atoms with Crippen LogP contribution in [0.1, 0.15) is 24.8 Å². The quantitative estimate of drug-likeness (QED) is 0.530. The monoisotopic (exact) mass is 241 g/mol. The maximum absolute atomic E-state index is 3.69. The van der Waals surface area contributed by atoms with Gasteiger partial charge in [0.25, 0.3) is 0 Å². The smallest absolute Gasteiger partial charge is 0.00278 e. The van der Waals surface area contributed by atoms with Crippen molar-refractivity contribution in [2.45, 2.75) is 25.7 Å². The Kier molecular flexibility index (Phi) is 7.38. The van der Waals surface area contributed by atoms with Gasteiger partial charge in [-0.15, -0.1) is 0 Å². The summed E-state index contributed by atoms with van der Waals surface area (Å²) in [7, 11) is 1.94. The van der Waals surface area contributed by atoms with Crippen molar-refractivity contribution in [2.75, 3.05) is 7.05 Å². The molecule has 0 aliphatic carbocycles. The summed E-state index contributed by atoms with van der Waals surface area (Å²) in [6.07, 6.45) is 12.7. The molecule has 0 bridgehead atoms. The minimum atomic E-state index is 1.11. The van der Waals surface area contributed by atoms with Gasteiger partial charge in [-0.1, -0.05) is 55.1 Å². The van der Waals surface area contributed by atoms with Crippen LogP contribution in [0.3, 0.4) is 0 Å². The zero-order chi connectivity index (χ0) is 13.1. The lowest BCUT2D eigenvalue weighted by Crippen LogP contribution is -1.95. The highest BCUT2D eigenvalue weighted by molar-refractivity contribution is 5.21. The summed E-state index contributed by atoms with van der Waals surface area (Å²) in [4.78, 5) is 0. The van der Waals surface area contributed by atoms with Crippen molar-refractivity contribution in [2.24, 2.45) is 0 Å². The molecule has 1 rings (SSSR count). The van der Waals surface area contributed by atoms with Gasteiger partial charge < -0.3 is 5.32 Å². The summed E-state index contributed by atoms with van der Waals surface area (Å²) in [5, 5.41) is 3.09. The molecule has 0 saturated heterocycles. The first-order valence-electron chi connectivity index (χ1n) is 6.56. The molecule has 0 fully saturated rings. The predicted molar refractivity (Wildman–Crippen MR) is 80.5 cm³/mol. The van der Waals surface area contributed by atoms with Gasteiger partial charge in [0, 0.05) is 7.05 Å². The second-order valence-corrected chi connectivity index (χ2v) is 4.30. The van der Waals surface area contributed by atoms with Crippen LogP contribution in [0, 0.1) is 0 Å². The van der Waals surface area contributed by atoms with Crippen molar-refractivity contribution in [3.63, 3.8) is 0 Å². The molecule has 0 atom stereocenters. The first kappa shape index (κ1) is 14.3. The molecule has 1 heteroatoms. The first-order valence-corrected chi connectivity index (χ1v) is 6.56. The van der Waals surface area contributed by atoms with Gasteiger partial charge in [-0.05, 0) is 43.0 Å². The van der Waals surface area contributed by atoms with Gasteiger partial charge in [-0.2, -0.15) is 0 Å². The van der Waals surface area contributed by atoms with Crippen molar-refractivity contribution in [1.82, 2.24) is 5.32 Å². The number of aryl methyl sites for hydroxylation is 1. The van der Waals surface area contributed by atoms with E-state index in [1.807, 2.05) is 19.2 Å². The first-order chi connectivity index (χ1) is 8.86. The van der Waals surface area contributed by atoms with E-state index in [0.717, 1.165) is 6.42 Å². The van der Waals surface area contributed by atoms with E-state index in [0.29, 0.717) is 0 Å². The fourth-order valence-electron chi connectivity index (χ4n) is 1.88. The van der Waals surface area contributed by atoms with Crippen LogP contribution in [0.15, 0.2) is 66.9 Å². The number of allylic oxidation sites excluding steroid dienone is 4. The molecule has 96 valence electrons. The standard InChI is InChI=1S/C17H23N/c1-3-4-10-17(15-18-2)14-9-8-13-16-11-6-5-7-12-16/h3-7,10-12,15,18H,1,8-9,13-14H2,2H3/b10-4-,17-15+. The molecule has 1 nitrogen and oxygen atoms in total. The third-order valence-electron chi connectivity index (χ3n) is 2.80. The van der Waals surface area contributed by atoms with E-state index in [4.69, 9.17) is 0 Å². The topological polar surface area (TPSA) is 12.0 Å². The molecule has 0 saturated carbocycles. The fraction of sp³-hybridized carbons (Fsp3) is 0.294. The summed E-state index contributed by atoms with van der Waals surface area (Å²) in [6.45, 7) is 3.69. The van der Waals surface area contributed by atoms with E-state index in [-0.39, 0.29) is 0 Å². The Bertz CT molecular complexity index is 387. The predicted octanol–water partition coefficient (Wildman–Crippen LogP) is 4.24. The van der Waals surface area contributed by atoms with Gasteiger partial charge in [0.2, 0.25) is 0 Å². The molecule has 0 heterocycles. The van der Waals surface area contributed by atoms with Gasteiger partial charge in [0.1, 0.15) is 0 Å². The van der Waals surface area contributed by atoms with E-state index in [1.165, 1.54) is 30.4 Å². The van der Waals surface area contributed by atoms with E-state index in [2.05, 4.69) is 54.5 Å². The van der Waals surface area contributed by atoms with Crippen LogP contribution in [0.4, 0.5) is 0 Å². The van der Waals surface area contributed by atoms with Crippen molar-refractivity contribution in [3.05, 3.63) is 72.5 Å². The molecule has 1 N–H and O–H groups in total. The number of hydrogen-bond acceptors (Lipinski definition) is 1. The van der Waals surface area contributed by atoms with E-state index < -0.39 is 0 Å². The normalized spacial score (nSPS) is 11.7. The van der Waals surface area contributed by atoms with Gasteiger partial charge in [-0.3, -0.25) is 0 Å². The van der Waals surface area contributed by atoms with Gasteiger partial charge in [0.05, 0.1) is 0 Å². The van der Waals surface area contributed by atoms with Crippen LogP contribution in [0.5, 0.6) is 0 Å². The molecule has 18 heavy (non-hydrogen) atoms. The molecule has 0 aromatic heterocycles. The summed E-state index contributed by atoms with van der Waals surface area (Å²) in [5.41, 5.74) is 2.75. The summed E-state index contributed by atoms with van der Waals surface area (Å²) >= 11 is 0. The molecule has 1 aromatic carbocycles. The molecule has 0 spiro atoms. The van der Waals surface area contributed by atoms with Crippen LogP contribution in [0.2, 0.25) is 0 Å². The minimum absolute atomic E-state index is 1.11. The Morgan fingerprint density at radius 1 is 1.22 bits per heavy atom. The lowest BCUT2D eigenvalue weighted by molar-refractivity contribution is 0.733. The number of rotatable bonds is 8. The SMILES string of the molecule is C=C/C=C\C(=C/NC)CCCCc1ccccc1. The molecular formula is C17H23N. The van der Waals surface area contributed by atoms with E-state index in [9.17, 15) is 0 Å². The summed E-state index contributed by atoms with van der Waals surface area (Å²) in [5.74, 6) is 0. The molecule has 0 radical (unpaired) electrons. The van der Waals surface area contributed by atoms with Crippen LogP contribution in [0.25, 0.3) is 0 Å². The maximum atomic E-state index is 3.69. The van der Waals surface area contributed by atoms with Crippen molar-refractivity contribution >= 4 is 0 Å².